The van der Waals surface area contributed by atoms with E-state index in [0.29, 0.717) is 28.8 Å². The number of nitrogens with one attached hydrogen (secondary N) is 1. The molecule has 0 radical (unpaired) electrons. The predicted octanol–water partition coefficient (Wildman–Crippen LogP) is 3.30. The normalized spacial score (nSPS) is 22.4. The lowest BCUT2D eigenvalue weighted by molar-refractivity contribution is 0.154. The van der Waals surface area contributed by atoms with Crippen molar-refractivity contribution in [2.45, 2.75) is 25.3 Å². The van der Waals surface area contributed by atoms with Gasteiger partial charge in [0.2, 0.25) is 5.82 Å². The monoisotopic (exact) mass is 362 g/mol. The Hall–Kier alpha value is -1.63. The van der Waals surface area contributed by atoms with Crippen LogP contribution in [0.25, 0.3) is 11.4 Å². The minimum atomic E-state index is 0.378. The Labute approximate surface area is 152 Å². The van der Waals surface area contributed by atoms with Gasteiger partial charge in [0.25, 0.3) is 0 Å². The van der Waals surface area contributed by atoms with Gasteiger partial charge in [-0.1, -0.05) is 28.9 Å². The maximum atomic E-state index is 6.02. The van der Waals surface area contributed by atoms with Crippen LogP contribution in [0.2, 0.25) is 5.02 Å². The maximum absolute atomic E-state index is 6.02. The third-order valence-electron chi connectivity index (χ3n) is 4.96. The van der Waals surface area contributed by atoms with Crippen molar-refractivity contribution in [1.82, 2.24) is 15.0 Å². The summed E-state index contributed by atoms with van der Waals surface area (Å²) in [5.41, 5.74) is 0.859. The van der Waals surface area contributed by atoms with Crippen LogP contribution >= 0.6 is 11.6 Å². The molecule has 3 heterocycles. The third kappa shape index (κ3) is 4.32. The van der Waals surface area contributed by atoms with Gasteiger partial charge in [-0.15, -0.1) is 0 Å². The molecule has 2 aromatic rings. The molecule has 1 aromatic carbocycles. The quantitative estimate of drug-likeness (QED) is 0.880. The van der Waals surface area contributed by atoms with Crippen LogP contribution in [-0.2, 0) is 4.74 Å². The van der Waals surface area contributed by atoms with Gasteiger partial charge in [0.05, 0.1) is 6.61 Å². The highest BCUT2D eigenvalue weighted by molar-refractivity contribution is 6.30. The van der Waals surface area contributed by atoms with Crippen molar-refractivity contribution in [2.75, 3.05) is 38.2 Å². The summed E-state index contributed by atoms with van der Waals surface area (Å²) in [5.74, 6) is 1.27. The second-order valence-electron chi connectivity index (χ2n) is 6.88. The van der Waals surface area contributed by atoms with Crippen molar-refractivity contribution in [3.05, 3.63) is 29.3 Å². The summed E-state index contributed by atoms with van der Waals surface area (Å²) >= 11 is 6.02. The van der Waals surface area contributed by atoms with Gasteiger partial charge in [-0.2, -0.15) is 4.98 Å². The van der Waals surface area contributed by atoms with Crippen molar-refractivity contribution in [2.24, 2.45) is 5.92 Å². The average molecular weight is 363 g/mol. The fourth-order valence-corrected chi connectivity index (χ4v) is 3.74. The fraction of sp³-hybridized carbons (Fsp3) is 0.556. The van der Waals surface area contributed by atoms with Crippen LogP contribution in [0.4, 0.5) is 6.01 Å². The molecular weight excluding hydrogens is 340 g/mol. The summed E-state index contributed by atoms with van der Waals surface area (Å²) < 4.78 is 10.8. The van der Waals surface area contributed by atoms with Gasteiger partial charge in [-0.3, -0.25) is 0 Å². The number of halogens is 1. The van der Waals surface area contributed by atoms with Crippen LogP contribution in [0.3, 0.4) is 0 Å². The van der Waals surface area contributed by atoms with E-state index in [4.69, 9.17) is 20.9 Å². The zero-order chi connectivity index (χ0) is 17.1. The number of likely N-dealkylation sites (tertiary alicyclic amines) is 1. The number of hydrogen-bond donors (Lipinski definition) is 1. The number of anilines is 1. The van der Waals surface area contributed by atoms with Crippen molar-refractivity contribution in [3.63, 3.8) is 0 Å². The van der Waals surface area contributed by atoms with Crippen LogP contribution in [0, 0.1) is 5.92 Å². The topological polar surface area (TPSA) is 63.4 Å². The first-order valence-electron chi connectivity index (χ1n) is 8.92. The largest absolute Gasteiger partial charge is 0.381 e. The van der Waals surface area contributed by atoms with E-state index >= 15 is 0 Å². The van der Waals surface area contributed by atoms with Gasteiger partial charge in [0, 0.05) is 42.9 Å². The Morgan fingerprint density at radius 2 is 2.12 bits per heavy atom. The highest BCUT2D eigenvalue weighted by Crippen LogP contribution is 2.23. The van der Waals surface area contributed by atoms with Crippen LogP contribution in [0.15, 0.2) is 28.8 Å². The second kappa shape index (κ2) is 7.72. The zero-order valence-electron chi connectivity index (χ0n) is 14.2. The number of aromatic nitrogens is 2. The van der Waals surface area contributed by atoms with Gasteiger partial charge in [-0.25, -0.2) is 0 Å². The maximum Gasteiger partial charge on any atom is 0.322 e. The molecule has 2 aliphatic rings. The Balaban J connectivity index is 1.29. The van der Waals surface area contributed by atoms with Crippen LogP contribution < -0.4 is 5.32 Å². The third-order valence-corrected chi connectivity index (χ3v) is 5.20. The molecule has 0 aliphatic carbocycles. The summed E-state index contributed by atoms with van der Waals surface area (Å²) in [5, 5.41) is 8.08. The summed E-state index contributed by atoms with van der Waals surface area (Å²) in [4.78, 5) is 6.98. The highest BCUT2D eigenvalue weighted by atomic mass is 35.5. The lowest BCUT2D eigenvalue weighted by Gasteiger charge is -2.33. The minimum absolute atomic E-state index is 0.378. The second-order valence-corrected chi connectivity index (χ2v) is 7.32. The molecular formula is C18H23ClN4O2. The molecule has 0 amide bonds. The first-order chi connectivity index (χ1) is 12.3. The predicted molar refractivity (Wildman–Crippen MR) is 96.8 cm³/mol. The van der Waals surface area contributed by atoms with E-state index in [1.807, 2.05) is 24.3 Å². The number of ether oxygens (including phenoxy) is 1. The molecule has 25 heavy (non-hydrogen) atoms. The number of piperidine rings is 1. The van der Waals surface area contributed by atoms with E-state index in [-0.39, 0.29) is 0 Å². The summed E-state index contributed by atoms with van der Waals surface area (Å²) in [6.45, 7) is 5.21. The fourth-order valence-electron chi connectivity index (χ4n) is 3.55. The molecule has 0 saturated carbocycles. The molecule has 2 aliphatic heterocycles. The van der Waals surface area contributed by atoms with Gasteiger partial charge in [0.1, 0.15) is 0 Å². The Kier molecular flexibility index (Phi) is 5.20. The molecule has 1 unspecified atom stereocenters. The van der Waals surface area contributed by atoms with Crippen molar-refractivity contribution < 1.29 is 9.26 Å². The molecule has 2 fully saturated rings. The van der Waals surface area contributed by atoms with Crippen LogP contribution in [0.5, 0.6) is 0 Å². The number of nitrogens with zero attached hydrogens (tertiary/aromatic N) is 3. The van der Waals surface area contributed by atoms with Crippen molar-refractivity contribution in [1.29, 1.82) is 0 Å². The van der Waals surface area contributed by atoms with E-state index in [0.717, 1.165) is 51.3 Å². The van der Waals surface area contributed by atoms with Gasteiger partial charge >= 0.3 is 6.01 Å². The van der Waals surface area contributed by atoms with E-state index in [2.05, 4.69) is 20.4 Å². The van der Waals surface area contributed by atoms with Crippen molar-refractivity contribution in [3.8, 4) is 11.4 Å². The summed E-state index contributed by atoms with van der Waals surface area (Å²) in [6, 6.07) is 8.33. The first kappa shape index (κ1) is 16.8. The molecule has 0 spiro atoms. The lowest BCUT2D eigenvalue weighted by Crippen LogP contribution is -2.41. The number of hydrogen-bond acceptors (Lipinski definition) is 6. The summed E-state index contributed by atoms with van der Waals surface area (Å²) in [7, 11) is 0. The molecule has 134 valence electrons. The van der Waals surface area contributed by atoms with Crippen molar-refractivity contribution >= 4 is 17.6 Å². The Morgan fingerprint density at radius 3 is 2.88 bits per heavy atom. The Morgan fingerprint density at radius 1 is 1.24 bits per heavy atom. The van der Waals surface area contributed by atoms with E-state index in [1.165, 1.54) is 6.42 Å². The number of rotatable bonds is 5. The van der Waals surface area contributed by atoms with Gasteiger partial charge < -0.3 is 19.5 Å². The average Bonchev–Trinajstić information content (AvgIpc) is 3.29. The lowest BCUT2D eigenvalue weighted by atomic mass is 10.0. The number of benzene rings is 1. The van der Waals surface area contributed by atoms with E-state index < -0.39 is 0 Å². The molecule has 1 aromatic heterocycles. The molecule has 1 atom stereocenters. The van der Waals surface area contributed by atoms with E-state index in [1.54, 1.807) is 0 Å². The van der Waals surface area contributed by atoms with Crippen LogP contribution in [0.1, 0.15) is 19.3 Å². The molecule has 6 nitrogen and oxygen atoms in total. The first-order valence-corrected chi connectivity index (χ1v) is 9.30. The SMILES string of the molecule is Clc1cccc(-c2noc(NC3CCN(CC4CCOC4)CC3)n2)c1. The van der Waals surface area contributed by atoms with Crippen LogP contribution in [-0.4, -0.2) is 53.9 Å². The van der Waals surface area contributed by atoms with Gasteiger partial charge in [0.15, 0.2) is 0 Å². The summed E-state index contributed by atoms with van der Waals surface area (Å²) in [6.07, 6.45) is 3.37. The Bertz CT molecular complexity index is 694. The van der Waals surface area contributed by atoms with Gasteiger partial charge in [-0.05, 0) is 37.3 Å². The molecule has 0 bridgehead atoms. The molecule has 1 N–H and O–H groups in total. The zero-order valence-corrected chi connectivity index (χ0v) is 14.9. The molecule has 4 rings (SSSR count). The standard InChI is InChI=1S/C18H23ClN4O2/c19-15-3-1-2-14(10-15)17-21-18(25-22-17)20-16-4-7-23(8-5-16)11-13-6-9-24-12-13/h1-3,10,13,16H,4-9,11-12H2,(H,20,21,22). The molecule has 2 saturated heterocycles. The highest BCUT2D eigenvalue weighted by Gasteiger charge is 2.24. The smallest absolute Gasteiger partial charge is 0.322 e. The molecule has 7 heteroatoms. The minimum Gasteiger partial charge on any atom is -0.381 e. The van der Waals surface area contributed by atoms with E-state index in [9.17, 15) is 0 Å².